The summed E-state index contributed by atoms with van der Waals surface area (Å²) in [5, 5.41) is 43.1. The first-order chi connectivity index (χ1) is 14.0. The van der Waals surface area contributed by atoms with Gasteiger partial charge in [0.25, 0.3) is 0 Å². The fourth-order valence-corrected chi connectivity index (χ4v) is 3.38. The van der Waals surface area contributed by atoms with E-state index in [2.05, 4.69) is 10.3 Å². The number of nitrogens with zero attached hydrogens (tertiary/aromatic N) is 1. The van der Waals surface area contributed by atoms with Crippen molar-refractivity contribution in [1.29, 1.82) is 0 Å². The van der Waals surface area contributed by atoms with Gasteiger partial charge in [-0.1, -0.05) is 0 Å². The summed E-state index contributed by atoms with van der Waals surface area (Å²) in [6.07, 6.45) is -2.12. The minimum absolute atomic E-state index is 0.312. The molecule has 2 aromatic heterocycles. The Hall–Kier alpha value is -2.82. The van der Waals surface area contributed by atoms with E-state index >= 15 is 0 Å². The van der Waals surface area contributed by atoms with Crippen molar-refractivity contribution in [3.63, 3.8) is 0 Å². The van der Waals surface area contributed by atoms with Crippen LogP contribution in [0.3, 0.4) is 0 Å². The zero-order valence-corrected chi connectivity index (χ0v) is 15.2. The van der Waals surface area contributed by atoms with Crippen LogP contribution in [0.2, 0.25) is 0 Å². The number of fused-ring (bicyclic) bond motifs is 1. The Bertz CT molecular complexity index is 1060. The highest BCUT2D eigenvalue weighted by Gasteiger charge is 2.43. The van der Waals surface area contributed by atoms with Crippen LogP contribution in [-0.2, 0) is 4.74 Å². The fraction of sp³-hybridized carbons (Fsp3) is 0.300. The van der Waals surface area contributed by atoms with Crippen LogP contribution in [0.1, 0.15) is 0 Å². The van der Waals surface area contributed by atoms with Gasteiger partial charge in [0, 0.05) is 29.5 Å². The maximum Gasteiger partial charge on any atom is 0.344 e. The van der Waals surface area contributed by atoms with Gasteiger partial charge in [-0.3, -0.25) is 4.98 Å². The van der Waals surface area contributed by atoms with E-state index < -0.39 is 42.9 Å². The van der Waals surface area contributed by atoms with Crippen molar-refractivity contribution >= 4 is 16.7 Å². The SMILES string of the molecule is O=c1oc2cc(N[C@@H]3C(O)OC(CO)[C@@H](O)C3O)ccc2cc1-c1ccncc1. The van der Waals surface area contributed by atoms with E-state index in [4.69, 9.17) is 14.3 Å². The average molecular weight is 400 g/mol. The molecule has 1 saturated heterocycles. The monoisotopic (exact) mass is 400 g/mol. The summed E-state index contributed by atoms with van der Waals surface area (Å²) in [4.78, 5) is 16.3. The van der Waals surface area contributed by atoms with E-state index in [9.17, 15) is 20.1 Å². The van der Waals surface area contributed by atoms with Crippen LogP contribution in [0.4, 0.5) is 5.69 Å². The summed E-state index contributed by atoms with van der Waals surface area (Å²) in [6.45, 7) is -0.539. The maximum absolute atomic E-state index is 12.4. The highest BCUT2D eigenvalue weighted by Crippen LogP contribution is 2.26. The Morgan fingerprint density at radius 3 is 2.52 bits per heavy atom. The third-order valence-corrected chi connectivity index (χ3v) is 4.96. The van der Waals surface area contributed by atoms with Crippen molar-refractivity contribution in [1.82, 2.24) is 4.98 Å². The normalized spacial score (nSPS) is 27.1. The second-order valence-electron chi connectivity index (χ2n) is 6.84. The Labute approximate surface area is 164 Å². The molecule has 5 atom stereocenters. The molecule has 3 aromatic rings. The summed E-state index contributed by atoms with van der Waals surface area (Å²) in [5.74, 6) is 0. The largest absolute Gasteiger partial charge is 0.422 e. The predicted octanol–water partition coefficient (Wildman–Crippen LogP) is 0.0668. The number of aliphatic hydroxyl groups is 4. The number of pyridine rings is 1. The second-order valence-corrected chi connectivity index (χ2v) is 6.84. The van der Waals surface area contributed by atoms with Crippen molar-refractivity contribution in [2.24, 2.45) is 0 Å². The van der Waals surface area contributed by atoms with Crippen LogP contribution in [0, 0.1) is 0 Å². The van der Waals surface area contributed by atoms with E-state index in [1.807, 2.05) is 0 Å². The Kier molecular flexibility index (Phi) is 5.31. The topological polar surface area (TPSA) is 145 Å². The van der Waals surface area contributed by atoms with E-state index in [0.29, 0.717) is 27.8 Å². The van der Waals surface area contributed by atoms with Gasteiger partial charge >= 0.3 is 5.63 Å². The third-order valence-electron chi connectivity index (χ3n) is 4.96. The average Bonchev–Trinajstić information content (AvgIpc) is 2.73. The number of anilines is 1. The molecule has 152 valence electrons. The van der Waals surface area contributed by atoms with Crippen LogP contribution in [0.25, 0.3) is 22.1 Å². The molecule has 1 fully saturated rings. The summed E-state index contributed by atoms with van der Waals surface area (Å²) < 4.78 is 10.6. The lowest BCUT2D eigenvalue weighted by molar-refractivity contribution is -0.245. The first-order valence-corrected chi connectivity index (χ1v) is 9.03. The highest BCUT2D eigenvalue weighted by atomic mass is 16.6. The van der Waals surface area contributed by atoms with Crippen molar-refractivity contribution in [3.05, 3.63) is 59.2 Å². The zero-order chi connectivity index (χ0) is 20.5. The lowest BCUT2D eigenvalue weighted by atomic mass is 9.97. The number of benzene rings is 1. The number of hydrogen-bond acceptors (Lipinski definition) is 9. The summed E-state index contributed by atoms with van der Waals surface area (Å²) >= 11 is 0. The van der Waals surface area contributed by atoms with Crippen LogP contribution in [0.15, 0.2) is 58.0 Å². The molecule has 0 bridgehead atoms. The van der Waals surface area contributed by atoms with E-state index in [1.54, 1.807) is 48.8 Å². The van der Waals surface area contributed by atoms with Crippen molar-refractivity contribution in [2.75, 3.05) is 11.9 Å². The molecule has 0 aliphatic carbocycles. The lowest BCUT2D eigenvalue weighted by Crippen LogP contribution is -2.61. The molecule has 9 nitrogen and oxygen atoms in total. The molecule has 0 spiro atoms. The lowest BCUT2D eigenvalue weighted by Gasteiger charge is -2.40. The summed E-state index contributed by atoms with van der Waals surface area (Å²) in [5.41, 5.74) is 1.34. The smallest absolute Gasteiger partial charge is 0.344 e. The molecule has 29 heavy (non-hydrogen) atoms. The molecule has 1 aliphatic heterocycles. The van der Waals surface area contributed by atoms with Gasteiger partial charge in [0.1, 0.15) is 29.9 Å². The number of rotatable bonds is 4. The van der Waals surface area contributed by atoms with Crippen molar-refractivity contribution in [3.8, 4) is 11.1 Å². The van der Waals surface area contributed by atoms with Gasteiger partial charge in [-0.15, -0.1) is 0 Å². The second kappa shape index (κ2) is 7.90. The Morgan fingerprint density at radius 2 is 1.79 bits per heavy atom. The number of hydrogen-bond donors (Lipinski definition) is 5. The molecule has 0 amide bonds. The van der Waals surface area contributed by atoms with Gasteiger partial charge in [-0.2, -0.15) is 0 Å². The van der Waals surface area contributed by atoms with Crippen LogP contribution < -0.4 is 10.9 Å². The molecule has 5 N–H and O–H groups in total. The molecular weight excluding hydrogens is 380 g/mol. The number of nitrogens with one attached hydrogen (secondary N) is 1. The van der Waals surface area contributed by atoms with Crippen molar-refractivity contribution < 1.29 is 29.6 Å². The molecule has 3 heterocycles. The number of aromatic nitrogens is 1. The van der Waals surface area contributed by atoms with Gasteiger partial charge in [0.2, 0.25) is 0 Å². The quantitative estimate of drug-likeness (QED) is 0.384. The molecule has 3 unspecified atom stereocenters. The summed E-state index contributed by atoms with van der Waals surface area (Å²) in [6, 6.07) is 9.05. The Balaban J connectivity index is 1.62. The van der Waals surface area contributed by atoms with E-state index in [1.165, 1.54) is 0 Å². The molecule has 0 saturated carbocycles. The number of aliphatic hydroxyl groups excluding tert-OH is 4. The van der Waals surface area contributed by atoms with Gasteiger partial charge in [-0.25, -0.2) is 4.79 Å². The molecule has 9 heteroatoms. The third kappa shape index (κ3) is 3.74. The summed E-state index contributed by atoms with van der Waals surface area (Å²) in [7, 11) is 0. The fourth-order valence-electron chi connectivity index (χ4n) is 3.38. The number of ether oxygens (including phenoxy) is 1. The van der Waals surface area contributed by atoms with Gasteiger partial charge in [0.05, 0.1) is 12.2 Å². The molecule has 0 radical (unpaired) electrons. The van der Waals surface area contributed by atoms with Gasteiger partial charge < -0.3 is 34.9 Å². The van der Waals surface area contributed by atoms with Crippen LogP contribution in [-0.4, -0.2) is 62.7 Å². The van der Waals surface area contributed by atoms with Gasteiger partial charge in [-0.05, 0) is 35.9 Å². The molecule has 1 aromatic carbocycles. The minimum Gasteiger partial charge on any atom is -0.422 e. The first kappa shape index (κ1) is 19.5. The molecular formula is C20H20N2O7. The molecule has 4 rings (SSSR count). The van der Waals surface area contributed by atoms with Crippen LogP contribution in [0.5, 0.6) is 0 Å². The molecule has 1 aliphatic rings. The van der Waals surface area contributed by atoms with E-state index in [-0.39, 0.29) is 0 Å². The predicted molar refractivity (Wildman–Crippen MR) is 103 cm³/mol. The van der Waals surface area contributed by atoms with Gasteiger partial charge in [0.15, 0.2) is 6.29 Å². The standard InChI is InChI=1S/C20H20N2O7/c23-9-15-17(24)18(25)16(20(27)29-15)22-12-2-1-11-7-13(10-3-5-21-6-4-10)19(26)28-14(11)8-12/h1-8,15-18,20,22-25,27H,9H2/t15?,16-,17+,18?,20?/m0/s1. The Morgan fingerprint density at radius 1 is 1.03 bits per heavy atom. The van der Waals surface area contributed by atoms with Crippen LogP contribution >= 0.6 is 0 Å². The maximum atomic E-state index is 12.4. The zero-order valence-electron chi connectivity index (χ0n) is 15.2. The van der Waals surface area contributed by atoms with Crippen molar-refractivity contribution in [2.45, 2.75) is 30.6 Å². The van der Waals surface area contributed by atoms with E-state index in [0.717, 1.165) is 0 Å². The highest BCUT2D eigenvalue weighted by molar-refractivity contribution is 5.84. The minimum atomic E-state index is -1.46. The first-order valence-electron chi connectivity index (χ1n) is 9.03.